The van der Waals surface area contributed by atoms with Crippen LogP contribution in [0.25, 0.3) is 22.3 Å². The fourth-order valence-corrected chi connectivity index (χ4v) is 16.3. The van der Waals surface area contributed by atoms with Gasteiger partial charge in [-0.3, -0.25) is 79.4 Å². The van der Waals surface area contributed by atoms with Crippen LogP contribution in [-0.2, 0) is 41.9 Å². The van der Waals surface area contributed by atoms with Crippen LogP contribution in [0.2, 0.25) is 0 Å². The number of hydrazine groups is 1. The number of hydrazone groups is 1. The quantitative estimate of drug-likeness (QED) is 0.00843. The van der Waals surface area contributed by atoms with Crippen molar-refractivity contribution < 1.29 is 81.1 Å². The molecule has 7 amide bonds. The van der Waals surface area contributed by atoms with Gasteiger partial charge < -0.3 is 44.2 Å². The Bertz CT molecular complexity index is 7410. The van der Waals surface area contributed by atoms with Crippen LogP contribution in [0.3, 0.4) is 0 Å². The number of amides is 7. The molecular formula is C111H108Br2FN17O16S2. The summed E-state index contributed by atoms with van der Waals surface area (Å²) in [7, 11) is 9.22. The van der Waals surface area contributed by atoms with Gasteiger partial charge in [0.05, 0.1) is 101 Å². The zero-order chi connectivity index (χ0) is 107. The lowest BCUT2D eigenvalue weighted by atomic mass is 10.0. The maximum Gasteiger partial charge on any atom is 0.303 e. The smallest absolute Gasteiger partial charge is 0.303 e. The number of fused-ring (bicyclic) bond motifs is 1. The van der Waals surface area contributed by atoms with Crippen LogP contribution in [0, 0.1) is 33.5 Å². The SMILES string of the molecule is CC(NC(=S)NC(=O)c1ccccc1Br)c1ccccc1.CCc1nnc(NC(=O)c2ccc(C)c(NC(=O)c3ccccc3)c2)s1.COc1ccc(C(=O)Nn2c(CCC(=O)O)ccc2-c2ccc(F)cc2)cc1OC.COc1ccc(OC)c(/C=N\NC(=O)Cn2nnc3ccccc32)c1.COc1cccc(C(=O)NNC(=O)c2ccccc2Br)c1.COc1ccccc1C(=O)Cc1c(C)nn(Cc2cccc(C)c2)c1C. The minimum Gasteiger partial charge on any atom is -0.497 e. The molecule has 4 heterocycles. The van der Waals surface area contributed by atoms with Crippen molar-refractivity contribution in [2.75, 3.05) is 58.7 Å². The van der Waals surface area contributed by atoms with Gasteiger partial charge in [0.15, 0.2) is 22.4 Å². The Kier molecular flexibility index (Phi) is 42.4. The summed E-state index contributed by atoms with van der Waals surface area (Å²) in [6.45, 7) is 12.7. The lowest BCUT2D eigenvalue weighted by Gasteiger charge is -2.17. The zero-order valence-electron chi connectivity index (χ0n) is 83.2. The van der Waals surface area contributed by atoms with Crippen molar-refractivity contribution in [3.8, 4) is 45.8 Å². The zero-order valence-corrected chi connectivity index (χ0v) is 88.0. The van der Waals surface area contributed by atoms with E-state index in [0.717, 1.165) is 55.0 Å². The number of thiocarbonyl (C=S) groups is 1. The molecule has 38 heteroatoms. The Hall–Kier alpha value is -17.2. The summed E-state index contributed by atoms with van der Waals surface area (Å²) < 4.78 is 50.9. The number of hydrogen-bond acceptors (Lipinski definition) is 23. The molecule has 0 spiro atoms. The number of anilines is 2. The molecule has 149 heavy (non-hydrogen) atoms. The summed E-state index contributed by atoms with van der Waals surface area (Å²) in [5, 5.41) is 46.6. The summed E-state index contributed by atoms with van der Waals surface area (Å²) >= 11 is 13.2. The van der Waals surface area contributed by atoms with Gasteiger partial charge in [-0.25, -0.2) is 14.5 Å². The molecule has 33 nitrogen and oxygen atoms in total. The van der Waals surface area contributed by atoms with E-state index in [2.05, 4.69) is 137 Å². The van der Waals surface area contributed by atoms with Crippen LogP contribution in [0.5, 0.6) is 34.5 Å². The molecule has 12 aromatic carbocycles. The van der Waals surface area contributed by atoms with Crippen molar-refractivity contribution in [3.63, 3.8) is 0 Å². The summed E-state index contributed by atoms with van der Waals surface area (Å²) in [5.41, 5.74) is 25.3. The van der Waals surface area contributed by atoms with E-state index in [1.165, 1.54) is 71.5 Å². The van der Waals surface area contributed by atoms with Crippen molar-refractivity contribution in [1.82, 2.24) is 66.6 Å². The number of Topliss-reactive ketones (excluding diaryl/α,β-unsaturated/α-hetero) is 1. The number of nitrogens with zero attached hydrogens (tertiary/aromatic N) is 9. The number of carboxylic acid groups (broad SMARTS) is 1. The van der Waals surface area contributed by atoms with E-state index in [0.29, 0.717) is 129 Å². The average molecular weight is 2180 g/mol. The van der Waals surface area contributed by atoms with Crippen molar-refractivity contribution in [2.45, 2.75) is 86.4 Å². The summed E-state index contributed by atoms with van der Waals surface area (Å²) in [5.74, 6) is -0.218. The number of ketones is 1. The number of halogens is 3. The highest BCUT2D eigenvalue weighted by atomic mass is 79.9. The number of para-hydroxylation sites is 2. The molecule has 16 aromatic rings. The van der Waals surface area contributed by atoms with Gasteiger partial charge in [0, 0.05) is 77.8 Å². The fraction of sp³-hybridized carbons (Fsp3) is 0.171. The second-order valence-electron chi connectivity index (χ2n) is 32.5. The van der Waals surface area contributed by atoms with Gasteiger partial charge in [0.2, 0.25) is 5.13 Å². The van der Waals surface area contributed by atoms with Crippen molar-refractivity contribution in [3.05, 3.63) is 406 Å². The highest BCUT2D eigenvalue weighted by Crippen LogP contribution is 2.32. The molecule has 0 bridgehead atoms. The topological polar surface area (TPSA) is 417 Å². The molecule has 4 aromatic heterocycles. The molecule has 0 aliphatic heterocycles. The van der Waals surface area contributed by atoms with Gasteiger partial charge in [-0.2, -0.15) is 10.2 Å². The Morgan fingerprint density at radius 1 is 0.530 bits per heavy atom. The molecule has 0 aliphatic rings. The minimum atomic E-state index is -0.947. The van der Waals surface area contributed by atoms with Crippen LogP contribution in [0.1, 0.15) is 154 Å². The number of nitrogens with one attached hydrogen (secondary N) is 8. The molecule has 1 atom stereocenters. The average Bonchev–Trinajstić information content (AvgIpc) is 1.24. The first kappa shape index (κ1) is 112. The molecule has 0 fully saturated rings. The van der Waals surface area contributed by atoms with Crippen molar-refractivity contribution in [1.29, 1.82) is 0 Å². The van der Waals surface area contributed by atoms with Crippen LogP contribution in [0.15, 0.2) is 311 Å². The second kappa shape index (κ2) is 56.3. The molecule has 0 aliphatic carbocycles. The van der Waals surface area contributed by atoms with Crippen molar-refractivity contribution in [2.24, 2.45) is 5.10 Å². The van der Waals surface area contributed by atoms with Crippen LogP contribution >= 0.6 is 55.4 Å². The number of aromatic nitrogens is 8. The van der Waals surface area contributed by atoms with E-state index in [-0.39, 0.29) is 60.7 Å². The largest absolute Gasteiger partial charge is 0.497 e. The van der Waals surface area contributed by atoms with Gasteiger partial charge in [-0.1, -0.05) is 162 Å². The van der Waals surface area contributed by atoms with Crippen LogP contribution in [-0.4, -0.2) is 152 Å². The number of aliphatic carboxylic acids is 1. The summed E-state index contributed by atoms with van der Waals surface area (Å²) in [6, 6.07) is 87.4. The van der Waals surface area contributed by atoms with Crippen LogP contribution < -0.4 is 71.4 Å². The first-order chi connectivity index (χ1) is 71.9. The van der Waals surface area contributed by atoms with Gasteiger partial charge >= 0.3 is 5.97 Å². The van der Waals surface area contributed by atoms with E-state index >= 15 is 0 Å². The highest BCUT2D eigenvalue weighted by Gasteiger charge is 2.24. The predicted molar refractivity (Wildman–Crippen MR) is 582 cm³/mol. The maximum atomic E-state index is 13.3. The lowest BCUT2D eigenvalue weighted by Crippen LogP contribution is -2.41. The third-order valence-corrected chi connectivity index (χ3v) is 24.9. The molecule has 1 unspecified atom stereocenters. The van der Waals surface area contributed by atoms with Gasteiger partial charge in [0.25, 0.3) is 41.4 Å². The third-order valence-electron chi connectivity index (χ3n) is 22.3. The third kappa shape index (κ3) is 32.9. The second-order valence-corrected chi connectivity index (χ2v) is 35.7. The number of aryl methyl sites for hydroxylation is 5. The highest BCUT2D eigenvalue weighted by molar-refractivity contribution is 9.10. The predicted octanol–water partition coefficient (Wildman–Crippen LogP) is 19.9. The first-order valence-electron chi connectivity index (χ1n) is 46.2. The van der Waals surface area contributed by atoms with E-state index in [9.17, 15) is 47.5 Å². The number of benzene rings is 12. The number of methoxy groups -OCH3 is 6. The lowest BCUT2D eigenvalue weighted by molar-refractivity contribution is -0.137. The number of carbonyl (C=O) groups excluding carboxylic acids is 8. The summed E-state index contributed by atoms with van der Waals surface area (Å²) in [6.07, 6.45) is 2.71. The number of ether oxygens (including phenoxy) is 6. The molecule has 0 radical (unpaired) electrons. The Morgan fingerprint density at radius 3 is 1.79 bits per heavy atom. The molecule has 0 saturated carbocycles. The summed E-state index contributed by atoms with van der Waals surface area (Å²) in [4.78, 5) is 110. The number of carboxylic acids is 1. The van der Waals surface area contributed by atoms with E-state index in [1.54, 1.807) is 179 Å². The minimum absolute atomic E-state index is 0.0209. The Morgan fingerprint density at radius 2 is 1.13 bits per heavy atom. The number of carbonyl (C=O) groups is 9. The maximum absolute atomic E-state index is 13.3. The number of hydrogen-bond donors (Lipinski definition) is 9. The first-order valence-corrected chi connectivity index (χ1v) is 49.0. The van der Waals surface area contributed by atoms with E-state index < -0.39 is 23.7 Å². The molecule has 766 valence electrons. The van der Waals surface area contributed by atoms with Gasteiger partial charge in [-0.05, 0) is 266 Å². The fourth-order valence-electron chi connectivity index (χ4n) is 14.4. The molecule has 0 saturated heterocycles. The Labute approximate surface area is 885 Å². The Balaban J connectivity index is 0.000000170. The van der Waals surface area contributed by atoms with Gasteiger partial charge in [0.1, 0.15) is 45.9 Å². The normalized spacial score (nSPS) is 10.7. The monoisotopic (exact) mass is 2180 g/mol. The molecule has 16 rings (SSSR count). The molecular weight excluding hydrogens is 2070 g/mol. The van der Waals surface area contributed by atoms with Crippen molar-refractivity contribution >= 4 is 142 Å². The molecule has 9 N–H and O–H groups in total. The van der Waals surface area contributed by atoms with Gasteiger partial charge in [-0.15, -0.1) is 15.3 Å². The standard InChI is InChI=1S/C22H21FN2O5.C22H24N2O2.C19H18N4O2S.C17H17N5O3.C16H15BrN2OS.C15H13BrN2O3/c1-29-19-11-5-15(13-20(19)30-2)22(28)24-25-17(9-12-21(26)27)8-10-18(25)14-3-6-16(23)7-4-14;1-15-8-7-9-18(12-15)14-24-17(3)20(16(2)23-24)13-21(25)19-10-5-6-11-22(19)26-4;1-3-16-22-23-19(26-16)21-18(25)14-10-9-12(2)15(11-14)20-17(24)13-7-5-4-6-8-13;1-24-13-7-8-16(25-2)12(9-13)10-18-20-17(23)11-22-15-6-4-3-5-14(15)19-21-22;1-11(12-7-3-2-4-8-12)18-16(21)19-15(20)13-9-5-6-10-14(13)17;1-21-11-6-4-5-10(9-11)14(19)17-18-15(20)12-7-2-3-8-13(12)16/h3-8,10-11,13H,9,12H2,1-2H3,(H,24,28)(H,26,27);5-12H,13-14H2,1-4H3;4-11H,3H2,1-2H3,(H,20,24)(H,21,23,25);3-10H,11H2,1-2H3,(H,20,23);2-11H,1H3,(H2,18,19,20,21);2-9H,1H3,(H,17,19)(H,18,20)/b;;;18-10-;;. The van der Waals surface area contributed by atoms with Crippen LogP contribution in [0.4, 0.5) is 15.2 Å². The number of rotatable bonds is 31. The van der Waals surface area contributed by atoms with E-state index in [4.69, 9.17) is 45.7 Å². The van der Waals surface area contributed by atoms with E-state index in [1.807, 2.05) is 142 Å².